The van der Waals surface area contributed by atoms with Gasteiger partial charge in [-0.2, -0.15) is 5.10 Å². The molecule has 9 heteroatoms. The highest BCUT2D eigenvalue weighted by molar-refractivity contribution is 9.10. The van der Waals surface area contributed by atoms with Crippen molar-refractivity contribution in [1.82, 2.24) is 5.43 Å². The van der Waals surface area contributed by atoms with Crippen LogP contribution >= 0.6 is 43.5 Å². The molecule has 6 nitrogen and oxygen atoms in total. The summed E-state index contributed by atoms with van der Waals surface area (Å²) in [5, 5.41) is 7.35. The zero-order valence-corrected chi connectivity index (χ0v) is 21.0. The highest BCUT2D eigenvalue weighted by Crippen LogP contribution is 2.34. The number of urea groups is 1. The Labute approximate surface area is 208 Å². The molecule has 0 unspecified atom stereocenters. The number of hydrogen-bond donors (Lipinski definition) is 2. The molecule has 2 amide bonds. The van der Waals surface area contributed by atoms with E-state index in [1.54, 1.807) is 24.3 Å². The zero-order valence-electron chi connectivity index (χ0n) is 17.1. The third kappa shape index (κ3) is 6.98. The monoisotopic (exact) mass is 579 g/mol. The van der Waals surface area contributed by atoms with E-state index in [-0.39, 0.29) is 0 Å². The Morgan fingerprint density at radius 3 is 2.50 bits per heavy atom. The predicted molar refractivity (Wildman–Crippen MR) is 135 cm³/mol. The van der Waals surface area contributed by atoms with E-state index >= 15 is 0 Å². The molecule has 0 aliphatic rings. The molecule has 32 heavy (non-hydrogen) atoms. The van der Waals surface area contributed by atoms with Crippen molar-refractivity contribution in [3.63, 3.8) is 0 Å². The Hall–Kier alpha value is -2.55. The van der Waals surface area contributed by atoms with Crippen molar-refractivity contribution in [3.05, 3.63) is 85.8 Å². The Morgan fingerprint density at radius 1 is 1.06 bits per heavy atom. The van der Waals surface area contributed by atoms with E-state index in [0.717, 1.165) is 14.5 Å². The summed E-state index contributed by atoms with van der Waals surface area (Å²) < 4.78 is 13.3. The molecule has 0 heterocycles. The van der Waals surface area contributed by atoms with Crippen LogP contribution in [0.15, 0.2) is 74.7 Å². The van der Waals surface area contributed by atoms with E-state index in [1.807, 2.05) is 43.3 Å². The number of nitrogens with one attached hydrogen (secondary N) is 2. The summed E-state index contributed by atoms with van der Waals surface area (Å²) in [6, 6.07) is 17.9. The highest BCUT2D eigenvalue weighted by Gasteiger charge is 2.11. The molecule has 166 valence electrons. The quantitative estimate of drug-likeness (QED) is 0.222. The second-order valence-corrected chi connectivity index (χ2v) is 8.64. The van der Waals surface area contributed by atoms with Crippen LogP contribution in [0, 0.1) is 0 Å². The number of hydrazone groups is 1. The lowest BCUT2D eigenvalue weighted by Gasteiger charge is -2.14. The normalized spacial score (nSPS) is 10.8. The first kappa shape index (κ1) is 24.1. The van der Waals surface area contributed by atoms with Crippen LogP contribution in [0.4, 0.5) is 10.5 Å². The Bertz CT molecular complexity index is 1110. The molecule has 3 aromatic carbocycles. The van der Waals surface area contributed by atoms with Crippen LogP contribution in [0.2, 0.25) is 5.02 Å². The lowest BCUT2D eigenvalue weighted by molar-refractivity contribution is 0.252. The van der Waals surface area contributed by atoms with Gasteiger partial charge in [-0.25, -0.2) is 10.2 Å². The lowest BCUT2D eigenvalue weighted by atomic mass is 10.2. The summed E-state index contributed by atoms with van der Waals surface area (Å²) in [5.74, 6) is 1.13. The molecule has 3 rings (SSSR count). The van der Waals surface area contributed by atoms with Gasteiger partial charge in [0.05, 0.1) is 12.8 Å². The minimum atomic E-state index is -0.454. The van der Waals surface area contributed by atoms with Crippen molar-refractivity contribution in [3.8, 4) is 11.5 Å². The fraction of sp³-hybridized carbons (Fsp3) is 0.130. The van der Waals surface area contributed by atoms with Crippen LogP contribution in [-0.2, 0) is 6.61 Å². The standard InChI is InChI=1S/C23H20Br2ClN3O3/c1-2-31-21-11-16(13-27-29-23(30)28-18-9-7-17(24)8-10-18)19(25)12-22(21)32-14-15-5-3-4-6-20(15)26/h3-13H,2,14H2,1H3,(H2,28,29,30)/b27-13-. The van der Waals surface area contributed by atoms with Crippen LogP contribution in [-0.4, -0.2) is 18.9 Å². The Kier molecular flexibility index (Phi) is 8.96. The molecule has 0 radical (unpaired) electrons. The first-order valence-corrected chi connectivity index (χ1v) is 11.6. The third-order valence-corrected chi connectivity index (χ3v) is 5.76. The SMILES string of the molecule is CCOc1cc(/C=N\NC(=O)Nc2ccc(Br)cc2)c(Br)cc1OCc1ccccc1Cl. The number of amides is 2. The van der Waals surface area contributed by atoms with Gasteiger partial charge in [0.2, 0.25) is 0 Å². The number of carbonyl (C=O) groups is 1. The van der Waals surface area contributed by atoms with Crippen molar-refractivity contribution in [2.45, 2.75) is 13.5 Å². The summed E-state index contributed by atoms with van der Waals surface area (Å²) in [5.41, 5.74) is 4.68. The predicted octanol–water partition coefficient (Wildman–Crippen LogP) is 7.00. The van der Waals surface area contributed by atoms with Gasteiger partial charge in [-0.3, -0.25) is 0 Å². The Morgan fingerprint density at radius 2 is 1.78 bits per heavy atom. The van der Waals surface area contributed by atoms with E-state index in [1.165, 1.54) is 6.21 Å². The van der Waals surface area contributed by atoms with Crippen molar-refractivity contribution < 1.29 is 14.3 Å². The minimum absolute atomic E-state index is 0.303. The number of ether oxygens (including phenoxy) is 2. The third-order valence-electron chi connectivity index (χ3n) is 4.18. The lowest BCUT2D eigenvalue weighted by Crippen LogP contribution is -2.24. The maximum Gasteiger partial charge on any atom is 0.339 e. The number of benzene rings is 3. The molecule has 0 aromatic heterocycles. The number of anilines is 1. The average molecular weight is 582 g/mol. The van der Waals surface area contributed by atoms with Gasteiger partial charge in [-0.05, 0) is 65.3 Å². The molecule has 0 saturated heterocycles. The van der Waals surface area contributed by atoms with Crippen molar-refractivity contribution in [2.75, 3.05) is 11.9 Å². The topological polar surface area (TPSA) is 72.0 Å². The van der Waals surface area contributed by atoms with Crippen molar-refractivity contribution >= 4 is 61.4 Å². The Balaban J connectivity index is 1.67. The number of rotatable bonds is 8. The summed E-state index contributed by atoms with van der Waals surface area (Å²) in [6.07, 6.45) is 1.52. The largest absolute Gasteiger partial charge is 0.490 e. The van der Waals surface area contributed by atoms with Crippen LogP contribution in [0.25, 0.3) is 0 Å². The number of nitrogens with zero attached hydrogens (tertiary/aromatic N) is 1. The van der Waals surface area contributed by atoms with Gasteiger partial charge in [-0.1, -0.05) is 45.7 Å². The molecule has 2 N–H and O–H groups in total. The van der Waals surface area contributed by atoms with E-state index in [2.05, 4.69) is 47.7 Å². The smallest absolute Gasteiger partial charge is 0.339 e. The molecule has 0 spiro atoms. The van der Waals surface area contributed by atoms with Gasteiger partial charge >= 0.3 is 6.03 Å². The summed E-state index contributed by atoms with van der Waals surface area (Å²) in [4.78, 5) is 12.0. The van der Waals surface area contributed by atoms with Crippen molar-refractivity contribution in [1.29, 1.82) is 0 Å². The second kappa shape index (κ2) is 11.9. The van der Waals surface area contributed by atoms with Crippen LogP contribution in [0.3, 0.4) is 0 Å². The number of halogens is 3. The summed E-state index contributed by atoms with van der Waals surface area (Å²) in [7, 11) is 0. The first-order valence-electron chi connectivity index (χ1n) is 9.64. The number of hydrogen-bond acceptors (Lipinski definition) is 4. The van der Waals surface area contributed by atoms with Gasteiger partial charge in [0, 0.05) is 30.8 Å². The molecule has 0 atom stereocenters. The van der Waals surface area contributed by atoms with Gasteiger partial charge < -0.3 is 14.8 Å². The highest BCUT2D eigenvalue weighted by atomic mass is 79.9. The van der Waals surface area contributed by atoms with Gasteiger partial charge in [-0.15, -0.1) is 0 Å². The molecule has 0 aliphatic heterocycles. The van der Waals surface area contributed by atoms with E-state index in [4.69, 9.17) is 21.1 Å². The number of carbonyl (C=O) groups excluding carboxylic acids is 1. The maximum atomic E-state index is 12.0. The molecule has 0 aliphatic carbocycles. The van der Waals surface area contributed by atoms with E-state index < -0.39 is 6.03 Å². The second-order valence-electron chi connectivity index (χ2n) is 6.46. The van der Waals surface area contributed by atoms with Gasteiger partial charge in [0.25, 0.3) is 0 Å². The molecular weight excluding hydrogens is 562 g/mol. The van der Waals surface area contributed by atoms with Crippen LogP contribution in [0.1, 0.15) is 18.1 Å². The van der Waals surface area contributed by atoms with Gasteiger partial charge in [0.1, 0.15) is 6.61 Å². The van der Waals surface area contributed by atoms with Crippen LogP contribution < -0.4 is 20.2 Å². The first-order chi connectivity index (χ1) is 15.5. The minimum Gasteiger partial charge on any atom is -0.490 e. The van der Waals surface area contributed by atoms with Crippen LogP contribution in [0.5, 0.6) is 11.5 Å². The zero-order chi connectivity index (χ0) is 22.9. The van der Waals surface area contributed by atoms with E-state index in [9.17, 15) is 4.79 Å². The average Bonchev–Trinajstić information content (AvgIpc) is 2.77. The summed E-state index contributed by atoms with van der Waals surface area (Å²) >= 11 is 13.1. The molecule has 0 fully saturated rings. The molecule has 0 saturated carbocycles. The molecular formula is C23H20Br2ClN3O3. The van der Waals surface area contributed by atoms with E-state index in [0.29, 0.717) is 41.0 Å². The maximum absolute atomic E-state index is 12.0. The van der Waals surface area contributed by atoms with Crippen molar-refractivity contribution in [2.24, 2.45) is 5.10 Å². The fourth-order valence-electron chi connectivity index (χ4n) is 2.65. The fourth-order valence-corrected chi connectivity index (χ4v) is 3.53. The summed E-state index contributed by atoms with van der Waals surface area (Å²) in [6.45, 7) is 2.66. The van der Waals surface area contributed by atoms with Gasteiger partial charge in [0.15, 0.2) is 11.5 Å². The molecule has 3 aromatic rings. The molecule has 0 bridgehead atoms.